The molecule has 5 aliphatic rings. The average molecular weight is 534 g/mol. The van der Waals surface area contributed by atoms with Crippen molar-refractivity contribution in [3.05, 3.63) is 52.2 Å². The van der Waals surface area contributed by atoms with Crippen LogP contribution in [0.25, 0.3) is 0 Å². The summed E-state index contributed by atoms with van der Waals surface area (Å²) in [5.74, 6) is 0.679. The monoisotopic (exact) mass is 533 g/mol. The lowest BCUT2D eigenvalue weighted by Gasteiger charge is -2.41. The standard InChI is InChI=1S/C29H32FN5O4/c30-20-12-28(7-2-10-35(28)15-20)17-38-27-32-23-13-29(8-1-4-19-5-6-24(36)21(14-31)25(19)29)39-16-22(23)26(33-27)34-9-3-11-37-18-34/h1,5-6,8,20,36H,2-4,7,9-13,15-18H2/t20-,28+,29?/m1/s1. The first-order valence-corrected chi connectivity index (χ1v) is 13.8. The molecule has 3 saturated heterocycles. The number of nitrogens with zero attached hydrogens (tertiary/aromatic N) is 5. The van der Waals surface area contributed by atoms with Crippen molar-refractivity contribution in [2.45, 2.75) is 62.4 Å². The van der Waals surface area contributed by atoms with Gasteiger partial charge in [-0.05, 0) is 43.9 Å². The van der Waals surface area contributed by atoms with Crippen LogP contribution in [0.3, 0.4) is 0 Å². The Morgan fingerprint density at radius 3 is 3.03 bits per heavy atom. The minimum absolute atomic E-state index is 0.0544. The lowest BCUT2D eigenvalue weighted by atomic mass is 9.76. The van der Waals surface area contributed by atoms with Crippen LogP contribution < -0.4 is 9.64 Å². The third-order valence-corrected chi connectivity index (χ3v) is 8.98. The van der Waals surface area contributed by atoms with Crippen LogP contribution in [0.4, 0.5) is 10.2 Å². The van der Waals surface area contributed by atoms with Gasteiger partial charge in [0.05, 0.1) is 24.4 Å². The minimum atomic E-state index is -0.931. The molecule has 3 fully saturated rings. The fourth-order valence-corrected chi connectivity index (χ4v) is 7.16. The molecule has 1 aromatic carbocycles. The van der Waals surface area contributed by atoms with E-state index < -0.39 is 11.8 Å². The van der Waals surface area contributed by atoms with E-state index in [4.69, 9.17) is 24.2 Å². The normalized spacial score (nSPS) is 29.6. The van der Waals surface area contributed by atoms with E-state index in [1.54, 1.807) is 6.07 Å². The molecule has 3 atom stereocenters. The number of alkyl halides is 1. The molecule has 1 unspecified atom stereocenters. The molecule has 5 heterocycles. The van der Waals surface area contributed by atoms with Crippen molar-refractivity contribution >= 4 is 5.82 Å². The van der Waals surface area contributed by atoms with Gasteiger partial charge in [-0.25, -0.2) is 4.39 Å². The van der Waals surface area contributed by atoms with Crippen LogP contribution in [0.2, 0.25) is 0 Å². The molecule has 1 aromatic heterocycles. The van der Waals surface area contributed by atoms with Gasteiger partial charge >= 0.3 is 6.01 Å². The molecule has 2 aromatic rings. The van der Waals surface area contributed by atoms with Crippen LogP contribution in [0.1, 0.15) is 53.6 Å². The summed E-state index contributed by atoms with van der Waals surface area (Å²) in [6, 6.07) is 5.88. The second-order valence-electron chi connectivity index (χ2n) is 11.3. The van der Waals surface area contributed by atoms with Crippen molar-refractivity contribution in [3.8, 4) is 17.8 Å². The SMILES string of the molecule is N#Cc1c(O)ccc2c1C1(C=CC2)Cc2nc(OC[C@@]34CCCN3C[C@H](F)C4)nc(N3CCCOC3)c2CO1. The molecule has 0 amide bonds. The maximum atomic E-state index is 14.4. The number of benzene rings is 1. The zero-order valence-corrected chi connectivity index (χ0v) is 21.9. The maximum Gasteiger partial charge on any atom is 0.318 e. The number of phenols is 1. The Morgan fingerprint density at radius 1 is 1.26 bits per heavy atom. The molecule has 1 spiro atoms. The summed E-state index contributed by atoms with van der Waals surface area (Å²) in [6.45, 7) is 3.87. The highest BCUT2D eigenvalue weighted by atomic mass is 19.1. The molecule has 1 N–H and O–H groups in total. The largest absolute Gasteiger partial charge is 0.507 e. The highest BCUT2D eigenvalue weighted by Gasteiger charge is 2.49. The van der Waals surface area contributed by atoms with Gasteiger partial charge in [-0.15, -0.1) is 0 Å². The first-order valence-electron chi connectivity index (χ1n) is 13.8. The number of aromatic hydroxyl groups is 1. The number of aromatic nitrogens is 2. The fraction of sp³-hybridized carbons (Fsp3) is 0.552. The quantitative estimate of drug-likeness (QED) is 0.593. The second kappa shape index (κ2) is 9.44. The van der Waals surface area contributed by atoms with Crippen LogP contribution in [-0.4, -0.2) is 71.3 Å². The van der Waals surface area contributed by atoms with Crippen LogP contribution in [0.5, 0.6) is 11.8 Å². The predicted molar refractivity (Wildman–Crippen MR) is 139 cm³/mol. The van der Waals surface area contributed by atoms with Gasteiger partial charge in [-0.2, -0.15) is 15.2 Å². The summed E-state index contributed by atoms with van der Waals surface area (Å²) in [5.41, 5.74) is 2.31. The van der Waals surface area contributed by atoms with E-state index in [0.717, 1.165) is 55.0 Å². The van der Waals surface area contributed by atoms with Gasteiger partial charge in [-0.3, -0.25) is 4.90 Å². The predicted octanol–water partition coefficient (Wildman–Crippen LogP) is 3.27. The zero-order valence-electron chi connectivity index (χ0n) is 21.9. The maximum absolute atomic E-state index is 14.4. The fourth-order valence-electron chi connectivity index (χ4n) is 7.16. The van der Waals surface area contributed by atoms with Gasteiger partial charge in [0.2, 0.25) is 0 Å². The molecule has 1 aliphatic carbocycles. The van der Waals surface area contributed by atoms with Crippen molar-refractivity contribution in [2.75, 3.05) is 44.5 Å². The van der Waals surface area contributed by atoms with Crippen LogP contribution in [0, 0.1) is 11.3 Å². The van der Waals surface area contributed by atoms with Gasteiger partial charge in [0.1, 0.15) is 48.3 Å². The molecule has 39 heavy (non-hydrogen) atoms. The van der Waals surface area contributed by atoms with Crippen LogP contribution >= 0.6 is 0 Å². The lowest BCUT2D eigenvalue weighted by molar-refractivity contribution is -0.0399. The van der Waals surface area contributed by atoms with E-state index in [9.17, 15) is 14.8 Å². The first-order chi connectivity index (χ1) is 19.0. The van der Waals surface area contributed by atoms with Gasteiger partial charge in [0.25, 0.3) is 0 Å². The first kappa shape index (κ1) is 24.8. The molecule has 0 bridgehead atoms. The second-order valence-corrected chi connectivity index (χ2v) is 11.3. The molecule has 10 heteroatoms. The van der Waals surface area contributed by atoms with E-state index in [1.807, 2.05) is 18.2 Å². The van der Waals surface area contributed by atoms with Gasteiger partial charge in [-0.1, -0.05) is 18.2 Å². The van der Waals surface area contributed by atoms with Gasteiger partial charge in [0, 0.05) is 37.1 Å². The summed E-state index contributed by atoms with van der Waals surface area (Å²) >= 11 is 0. The summed E-state index contributed by atoms with van der Waals surface area (Å²) in [6.07, 6.45) is 7.53. The Kier molecular flexibility index (Phi) is 5.99. The summed E-state index contributed by atoms with van der Waals surface area (Å²) in [4.78, 5) is 14.0. The highest BCUT2D eigenvalue weighted by molar-refractivity contribution is 5.59. The van der Waals surface area contributed by atoms with E-state index in [2.05, 4.69) is 15.9 Å². The molecular weight excluding hydrogens is 501 g/mol. The number of fused-ring (bicyclic) bond motifs is 4. The number of rotatable bonds is 4. The third-order valence-electron chi connectivity index (χ3n) is 8.98. The minimum Gasteiger partial charge on any atom is -0.507 e. The molecule has 4 aliphatic heterocycles. The zero-order chi connectivity index (χ0) is 26.6. The highest BCUT2D eigenvalue weighted by Crippen LogP contribution is 2.46. The van der Waals surface area contributed by atoms with E-state index in [-0.39, 0.29) is 29.5 Å². The van der Waals surface area contributed by atoms with Crippen LogP contribution in [-0.2, 0) is 34.5 Å². The van der Waals surface area contributed by atoms with Crippen molar-refractivity contribution in [3.63, 3.8) is 0 Å². The van der Waals surface area contributed by atoms with Crippen molar-refractivity contribution in [1.82, 2.24) is 14.9 Å². The number of hydrogen-bond acceptors (Lipinski definition) is 9. The molecule has 7 rings (SSSR count). The Labute approximate surface area is 226 Å². The third kappa shape index (κ3) is 4.06. The van der Waals surface area contributed by atoms with Gasteiger partial charge in [0.15, 0.2) is 0 Å². The number of phenolic OH excluding ortho intramolecular Hbond substituents is 1. The van der Waals surface area contributed by atoms with Crippen molar-refractivity contribution < 1.29 is 23.7 Å². The number of ether oxygens (including phenoxy) is 3. The lowest BCUT2D eigenvalue weighted by Crippen LogP contribution is -2.44. The Morgan fingerprint density at radius 2 is 2.18 bits per heavy atom. The van der Waals surface area contributed by atoms with Crippen molar-refractivity contribution in [2.24, 2.45) is 0 Å². The van der Waals surface area contributed by atoms with Crippen LogP contribution in [0.15, 0.2) is 24.3 Å². The summed E-state index contributed by atoms with van der Waals surface area (Å²) < 4.78 is 32.9. The number of hydrogen-bond donors (Lipinski definition) is 1. The molecule has 9 nitrogen and oxygen atoms in total. The molecule has 0 radical (unpaired) electrons. The van der Waals surface area contributed by atoms with Gasteiger partial charge < -0.3 is 24.2 Å². The van der Waals surface area contributed by atoms with E-state index >= 15 is 0 Å². The molecule has 0 saturated carbocycles. The summed E-state index contributed by atoms with van der Waals surface area (Å²) in [5, 5.41) is 20.4. The Balaban J connectivity index is 1.27. The van der Waals surface area contributed by atoms with E-state index in [0.29, 0.717) is 51.3 Å². The average Bonchev–Trinajstić information content (AvgIpc) is 3.48. The van der Waals surface area contributed by atoms with E-state index in [1.165, 1.54) is 0 Å². The molecular formula is C29H32FN5O4. The number of nitriles is 1. The topological polar surface area (TPSA) is 104 Å². The number of anilines is 1. The molecule has 204 valence electrons. The Hall–Kier alpha value is -3.26. The van der Waals surface area contributed by atoms with Crippen molar-refractivity contribution in [1.29, 1.82) is 5.26 Å². The Bertz CT molecular complexity index is 1370. The summed E-state index contributed by atoms with van der Waals surface area (Å²) in [7, 11) is 0. The number of allylic oxidation sites excluding steroid dienone is 1. The number of halogens is 1. The smallest absolute Gasteiger partial charge is 0.318 e.